The number of esters is 2. The molecule has 1 aliphatic heterocycles. The standard InChI is InChI=1S/C24H14O13/c25-18(26)13-3-1-10(7-15(13)20(29)30)35-11-5-6-24(17(9-11)22(33)36-23(24)34)37-12-2-4-14(19(27)28)16(8-12)21(31)32/h1-9,17H,(H,25,26)(H,27,28)(H,29,30)(H,31,32). The molecule has 0 aromatic heterocycles. The van der Waals surface area contributed by atoms with Gasteiger partial charge in [0.1, 0.15) is 23.2 Å². The monoisotopic (exact) mass is 510 g/mol. The van der Waals surface area contributed by atoms with E-state index < -0.39 is 69.6 Å². The van der Waals surface area contributed by atoms with Crippen LogP contribution >= 0.6 is 0 Å². The summed E-state index contributed by atoms with van der Waals surface area (Å²) in [5, 5.41) is 36.9. The summed E-state index contributed by atoms with van der Waals surface area (Å²) in [4.78, 5) is 70.4. The highest BCUT2D eigenvalue weighted by Crippen LogP contribution is 2.40. The SMILES string of the molecule is O=C(O)c1ccc(OC2=CC3C(=O)OC(=O)C3(Oc3ccc(C(=O)O)c(C(=O)O)c3)C=C2)cc1C(=O)O. The van der Waals surface area contributed by atoms with E-state index in [1.165, 1.54) is 12.1 Å². The molecule has 13 nitrogen and oxygen atoms in total. The molecule has 0 spiro atoms. The second-order valence-corrected chi connectivity index (χ2v) is 7.72. The van der Waals surface area contributed by atoms with E-state index in [4.69, 9.17) is 19.3 Å². The smallest absolute Gasteiger partial charge is 0.363 e. The number of carbonyl (C=O) groups is 6. The number of rotatable bonds is 8. The topological polar surface area (TPSA) is 211 Å². The quantitative estimate of drug-likeness (QED) is 0.295. The van der Waals surface area contributed by atoms with Crippen molar-refractivity contribution in [2.45, 2.75) is 5.60 Å². The van der Waals surface area contributed by atoms with Gasteiger partial charge in [-0.1, -0.05) is 0 Å². The van der Waals surface area contributed by atoms with E-state index in [2.05, 4.69) is 0 Å². The molecule has 0 amide bonds. The number of carboxylic acids is 4. The van der Waals surface area contributed by atoms with Crippen LogP contribution in [0.25, 0.3) is 0 Å². The van der Waals surface area contributed by atoms with Gasteiger partial charge in [-0.25, -0.2) is 24.0 Å². The van der Waals surface area contributed by atoms with Crippen molar-refractivity contribution in [2.24, 2.45) is 5.92 Å². The normalized spacial score (nSPS) is 19.9. The molecule has 0 saturated carbocycles. The fourth-order valence-corrected chi connectivity index (χ4v) is 3.76. The number of ether oxygens (including phenoxy) is 3. The average molecular weight is 510 g/mol. The van der Waals surface area contributed by atoms with Crippen LogP contribution in [0.4, 0.5) is 0 Å². The summed E-state index contributed by atoms with van der Waals surface area (Å²) < 4.78 is 16.0. The molecule has 4 rings (SSSR count). The van der Waals surface area contributed by atoms with Gasteiger partial charge in [0.15, 0.2) is 0 Å². The van der Waals surface area contributed by atoms with Crippen LogP contribution in [0, 0.1) is 5.92 Å². The van der Waals surface area contributed by atoms with Crippen molar-refractivity contribution in [3.8, 4) is 11.5 Å². The summed E-state index contributed by atoms with van der Waals surface area (Å²) in [5.41, 5.74) is -4.22. The molecule has 2 aliphatic rings. The molecule has 188 valence electrons. The van der Waals surface area contributed by atoms with Gasteiger partial charge in [-0.15, -0.1) is 0 Å². The number of hydrogen-bond acceptors (Lipinski definition) is 9. The predicted octanol–water partition coefficient (Wildman–Crippen LogP) is 1.83. The highest BCUT2D eigenvalue weighted by Gasteiger charge is 2.59. The Bertz CT molecular complexity index is 1460. The first kappa shape index (κ1) is 24.7. The van der Waals surface area contributed by atoms with Crippen molar-refractivity contribution < 1.29 is 63.4 Å². The van der Waals surface area contributed by atoms with Gasteiger partial charge in [-0.3, -0.25) is 4.79 Å². The Morgan fingerprint density at radius 3 is 1.81 bits per heavy atom. The molecule has 2 unspecified atom stereocenters. The number of fused-ring (bicyclic) bond motifs is 1. The molecule has 1 saturated heterocycles. The van der Waals surface area contributed by atoms with Crippen LogP contribution in [-0.2, 0) is 14.3 Å². The Balaban J connectivity index is 1.66. The Morgan fingerprint density at radius 2 is 1.27 bits per heavy atom. The van der Waals surface area contributed by atoms with E-state index >= 15 is 0 Å². The number of aromatic carboxylic acids is 4. The minimum Gasteiger partial charge on any atom is -0.478 e. The maximum absolute atomic E-state index is 12.6. The van der Waals surface area contributed by atoms with Crippen LogP contribution in [-0.4, -0.2) is 61.8 Å². The number of allylic oxidation sites excluding steroid dienone is 1. The van der Waals surface area contributed by atoms with E-state index in [1.54, 1.807) is 0 Å². The molecule has 1 heterocycles. The van der Waals surface area contributed by atoms with Gasteiger partial charge in [0, 0.05) is 0 Å². The molecule has 1 aliphatic carbocycles. The van der Waals surface area contributed by atoms with E-state index in [9.17, 15) is 44.1 Å². The van der Waals surface area contributed by atoms with Crippen LogP contribution in [0.1, 0.15) is 41.4 Å². The number of carbonyl (C=O) groups excluding carboxylic acids is 2. The van der Waals surface area contributed by atoms with Crippen LogP contribution < -0.4 is 9.47 Å². The van der Waals surface area contributed by atoms with Gasteiger partial charge in [0.2, 0.25) is 5.60 Å². The van der Waals surface area contributed by atoms with Crippen LogP contribution in [0.2, 0.25) is 0 Å². The third-order valence-electron chi connectivity index (χ3n) is 5.48. The molecular weight excluding hydrogens is 496 g/mol. The van der Waals surface area contributed by atoms with Crippen LogP contribution in [0.5, 0.6) is 11.5 Å². The fraction of sp³-hybridized carbons (Fsp3) is 0.0833. The van der Waals surface area contributed by atoms with Gasteiger partial charge < -0.3 is 34.6 Å². The Morgan fingerprint density at radius 1 is 0.757 bits per heavy atom. The Kier molecular flexibility index (Phi) is 5.97. The third-order valence-corrected chi connectivity index (χ3v) is 5.48. The zero-order valence-corrected chi connectivity index (χ0v) is 18.2. The van der Waals surface area contributed by atoms with Crippen molar-refractivity contribution in [3.63, 3.8) is 0 Å². The van der Waals surface area contributed by atoms with E-state index in [0.717, 1.165) is 42.5 Å². The summed E-state index contributed by atoms with van der Waals surface area (Å²) in [7, 11) is 0. The molecule has 2 aromatic carbocycles. The largest absolute Gasteiger partial charge is 0.478 e. The Labute approximate surface area is 205 Å². The Hall–Kier alpha value is -5.46. The van der Waals surface area contributed by atoms with Crippen molar-refractivity contribution >= 4 is 35.8 Å². The number of hydrogen-bond donors (Lipinski definition) is 4. The highest BCUT2D eigenvalue weighted by molar-refractivity contribution is 6.05. The molecule has 4 N–H and O–H groups in total. The summed E-state index contributed by atoms with van der Waals surface area (Å²) in [6, 6.07) is 6.14. The van der Waals surface area contributed by atoms with E-state index in [-0.39, 0.29) is 17.3 Å². The van der Waals surface area contributed by atoms with Gasteiger partial charge in [0.25, 0.3) is 0 Å². The highest BCUT2D eigenvalue weighted by atomic mass is 16.6. The van der Waals surface area contributed by atoms with E-state index in [1.807, 2.05) is 0 Å². The lowest BCUT2D eigenvalue weighted by molar-refractivity contribution is -0.155. The van der Waals surface area contributed by atoms with Gasteiger partial charge in [0.05, 0.1) is 22.3 Å². The summed E-state index contributed by atoms with van der Waals surface area (Å²) in [6.45, 7) is 0. The summed E-state index contributed by atoms with van der Waals surface area (Å²) >= 11 is 0. The minimum absolute atomic E-state index is 0.0391. The van der Waals surface area contributed by atoms with E-state index in [0.29, 0.717) is 0 Å². The van der Waals surface area contributed by atoms with Gasteiger partial charge in [-0.2, -0.15) is 0 Å². The van der Waals surface area contributed by atoms with Crippen molar-refractivity contribution in [1.29, 1.82) is 0 Å². The molecule has 37 heavy (non-hydrogen) atoms. The zero-order valence-electron chi connectivity index (χ0n) is 18.2. The first-order valence-corrected chi connectivity index (χ1v) is 10.2. The second-order valence-electron chi connectivity index (χ2n) is 7.72. The molecule has 0 bridgehead atoms. The molecular formula is C24H14O13. The van der Waals surface area contributed by atoms with Gasteiger partial charge in [-0.05, 0) is 54.6 Å². The lowest BCUT2D eigenvalue weighted by Crippen LogP contribution is -2.46. The third kappa shape index (κ3) is 4.36. The van der Waals surface area contributed by atoms with Crippen LogP contribution in [0.15, 0.2) is 60.4 Å². The summed E-state index contributed by atoms with van der Waals surface area (Å²) in [6.07, 6.45) is 3.49. The van der Waals surface area contributed by atoms with Crippen molar-refractivity contribution in [1.82, 2.24) is 0 Å². The number of carboxylic acid groups (broad SMARTS) is 4. The average Bonchev–Trinajstić information content (AvgIpc) is 3.07. The predicted molar refractivity (Wildman–Crippen MR) is 117 cm³/mol. The molecule has 2 aromatic rings. The lowest BCUT2D eigenvalue weighted by Gasteiger charge is -2.29. The fourth-order valence-electron chi connectivity index (χ4n) is 3.76. The second kappa shape index (κ2) is 8.96. The maximum atomic E-state index is 12.6. The minimum atomic E-state index is -2.07. The van der Waals surface area contributed by atoms with Gasteiger partial charge >= 0.3 is 35.8 Å². The van der Waals surface area contributed by atoms with Crippen molar-refractivity contribution in [3.05, 3.63) is 82.6 Å². The summed E-state index contributed by atoms with van der Waals surface area (Å²) in [5.74, 6) is -9.95. The molecule has 13 heteroatoms. The molecule has 1 fully saturated rings. The first-order chi connectivity index (χ1) is 17.4. The lowest BCUT2D eigenvalue weighted by atomic mass is 9.85. The number of benzene rings is 2. The molecule has 2 atom stereocenters. The molecule has 0 radical (unpaired) electrons. The first-order valence-electron chi connectivity index (χ1n) is 10.2. The van der Waals surface area contributed by atoms with Crippen LogP contribution in [0.3, 0.4) is 0 Å². The van der Waals surface area contributed by atoms with Crippen molar-refractivity contribution in [2.75, 3.05) is 0 Å². The number of cyclic esters (lactones) is 2. The zero-order chi connectivity index (χ0) is 27.1. The maximum Gasteiger partial charge on any atom is 0.363 e.